The molecule has 0 unspecified atom stereocenters. The molecule has 7 heteroatoms. The molecule has 1 aliphatic heterocycles. The van der Waals surface area contributed by atoms with Gasteiger partial charge in [0.2, 0.25) is 0 Å². The van der Waals surface area contributed by atoms with Crippen LogP contribution >= 0.6 is 34.8 Å². The summed E-state index contributed by atoms with van der Waals surface area (Å²) in [7, 11) is 1.75. The van der Waals surface area contributed by atoms with E-state index in [-0.39, 0.29) is 16.3 Å². The van der Waals surface area contributed by atoms with Crippen LogP contribution < -0.4 is 9.80 Å². The number of hydrogen-bond donors (Lipinski definition) is 0. The van der Waals surface area contributed by atoms with Crippen molar-refractivity contribution in [2.45, 2.75) is 0 Å². The molecular formula is C23H15Cl3N2O2. The lowest BCUT2D eigenvalue weighted by atomic mass is 10.0. The molecule has 1 heterocycles. The molecule has 0 bridgehead atoms. The van der Waals surface area contributed by atoms with Gasteiger partial charge in [0.1, 0.15) is 5.70 Å². The number of nitrogens with zero attached hydrogens (tertiary/aromatic N) is 2. The molecule has 0 fully saturated rings. The molecule has 30 heavy (non-hydrogen) atoms. The summed E-state index contributed by atoms with van der Waals surface area (Å²) in [4.78, 5) is 29.8. The molecule has 0 aliphatic carbocycles. The predicted molar refractivity (Wildman–Crippen MR) is 122 cm³/mol. The van der Waals surface area contributed by atoms with Gasteiger partial charge in [-0.25, -0.2) is 4.90 Å². The van der Waals surface area contributed by atoms with Crippen molar-refractivity contribution < 1.29 is 9.59 Å². The highest BCUT2D eigenvalue weighted by atomic mass is 35.5. The number of halogens is 3. The molecule has 0 saturated carbocycles. The molecule has 0 radical (unpaired) electrons. The van der Waals surface area contributed by atoms with Gasteiger partial charge in [0, 0.05) is 17.8 Å². The number of imide groups is 1. The molecule has 0 spiro atoms. The van der Waals surface area contributed by atoms with Crippen LogP contribution in [0.15, 0.2) is 78.5 Å². The monoisotopic (exact) mass is 456 g/mol. The van der Waals surface area contributed by atoms with E-state index >= 15 is 0 Å². The first-order valence-electron chi connectivity index (χ1n) is 9.01. The molecule has 0 N–H and O–H groups in total. The first kappa shape index (κ1) is 20.5. The molecule has 150 valence electrons. The molecule has 2 amide bonds. The number of para-hydroxylation sites is 1. The number of amides is 2. The Bertz CT molecular complexity index is 1170. The maximum atomic E-state index is 13.5. The lowest BCUT2D eigenvalue weighted by Gasteiger charge is -2.21. The molecular weight excluding hydrogens is 443 g/mol. The van der Waals surface area contributed by atoms with E-state index in [9.17, 15) is 9.59 Å². The second-order valence-corrected chi connectivity index (χ2v) is 7.92. The maximum absolute atomic E-state index is 13.5. The molecule has 1 aliphatic rings. The molecule has 0 saturated heterocycles. The van der Waals surface area contributed by atoms with Gasteiger partial charge in [-0.15, -0.1) is 0 Å². The Hall–Kier alpha value is -2.79. The number of anilines is 2. The topological polar surface area (TPSA) is 40.6 Å². The summed E-state index contributed by atoms with van der Waals surface area (Å²) in [6.07, 6.45) is 0. The largest absolute Gasteiger partial charge is 0.339 e. The summed E-state index contributed by atoms with van der Waals surface area (Å²) in [5.74, 6) is -0.895. The highest BCUT2D eigenvalue weighted by Crippen LogP contribution is 2.38. The van der Waals surface area contributed by atoms with Crippen molar-refractivity contribution in [3.8, 4) is 0 Å². The Morgan fingerprint density at radius 3 is 2.07 bits per heavy atom. The molecule has 0 aromatic heterocycles. The summed E-state index contributed by atoms with van der Waals surface area (Å²) in [5, 5.41) is 1.13. The third-order valence-corrected chi connectivity index (χ3v) is 5.82. The standard InChI is InChI=1S/C23H15Cl3N2O2/c1-27(16-5-3-2-4-6-16)21-20(14-7-9-15(24)10-8-14)22(29)28(23(21)30)17-11-12-18(25)19(26)13-17/h2-13H,1H3. The zero-order valence-electron chi connectivity index (χ0n) is 15.8. The van der Waals surface area contributed by atoms with E-state index in [2.05, 4.69) is 0 Å². The van der Waals surface area contributed by atoms with Crippen molar-refractivity contribution >= 4 is 63.6 Å². The lowest BCUT2D eigenvalue weighted by Crippen LogP contribution is -2.34. The van der Waals surface area contributed by atoms with Crippen LogP contribution in [-0.4, -0.2) is 18.9 Å². The lowest BCUT2D eigenvalue weighted by molar-refractivity contribution is -0.120. The zero-order chi connectivity index (χ0) is 21.4. The number of carbonyl (C=O) groups excluding carboxylic acids is 2. The van der Waals surface area contributed by atoms with E-state index in [4.69, 9.17) is 34.8 Å². The number of carbonyl (C=O) groups is 2. The van der Waals surface area contributed by atoms with Gasteiger partial charge in [0.25, 0.3) is 11.8 Å². The normalized spacial score (nSPS) is 13.9. The predicted octanol–water partition coefficient (Wildman–Crippen LogP) is 6.07. The Balaban J connectivity index is 1.88. The summed E-state index contributed by atoms with van der Waals surface area (Å²) < 4.78 is 0. The summed E-state index contributed by atoms with van der Waals surface area (Å²) in [6.45, 7) is 0. The van der Waals surface area contributed by atoms with Crippen molar-refractivity contribution in [3.63, 3.8) is 0 Å². The van der Waals surface area contributed by atoms with Crippen molar-refractivity contribution in [2.24, 2.45) is 0 Å². The highest BCUT2D eigenvalue weighted by molar-refractivity contribution is 6.47. The zero-order valence-corrected chi connectivity index (χ0v) is 18.0. The van der Waals surface area contributed by atoms with Crippen LogP contribution in [0.2, 0.25) is 15.1 Å². The van der Waals surface area contributed by atoms with Gasteiger partial charge in [-0.05, 0) is 48.0 Å². The van der Waals surface area contributed by atoms with Crippen LogP contribution in [0.3, 0.4) is 0 Å². The molecule has 0 atom stereocenters. The second kappa shape index (κ2) is 8.15. The first-order valence-corrected chi connectivity index (χ1v) is 10.1. The molecule has 3 aromatic rings. The molecule has 4 nitrogen and oxygen atoms in total. The van der Waals surface area contributed by atoms with Gasteiger partial charge in [0.05, 0.1) is 21.3 Å². The van der Waals surface area contributed by atoms with Crippen LogP contribution in [-0.2, 0) is 9.59 Å². The summed E-state index contributed by atoms with van der Waals surface area (Å²) in [5.41, 5.74) is 2.27. The van der Waals surface area contributed by atoms with Gasteiger partial charge in [-0.3, -0.25) is 9.59 Å². The minimum Gasteiger partial charge on any atom is -0.339 e. The van der Waals surface area contributed by atoms with Crippen LogP contribution in [0.4, 0.5) is 11.4 Å². The van der Waals surface area contributed by atoms with E-state index in [1.54, 1.807) is 48.3 Å². The average molecular weight is 458 g/mol. The van der Waals surface area contributed by atoms with Crippen molar-refractivity contribution in [1.29, 1.82) is 0 Å². The van der Waals surface area contributed by atoms with Crippen LogP contribution in [0, 0.1) is 0 Å². The number of likely N-dealkylation sites (N-methyl/N-ethyl adjacent to an activating group) is 1. The third-order valence-electron chi connectivity index (χ3n) is 4.83. The average Bonchev–Trinajstić information content (AvgIpc) is 3.01. The Labute approximate surface area is 188 Å². The van der Waals surface area contributed by atoms with E-state index < -0.39 is 11.8 Å². The Kier molecular flexibility index (Phi) is 5.56. The van der Waals surface area contributed by atoms with Crippen LogP contribution in [0.1, 0.15) is 5.56 Å². The molecule has 3 aromatic carbocycles. The SMILES string of the molecule is CN(C1=C(c2ccc(Cl)cc2)C(=O)N(c2ccc(Cl)c(Cl)c2)C1=O)c1ccccc1. The quantitative estimate of drug-likeness (QED) is 0.447. The fourth-order valence-corrected chi connectivity index (χ4v) is 3.76. The third kappa shape index (κ3) is 3.58. The minimum absolute atomic E-state index is 0.257. The Morgan fingerprint density at radius 2 is 1.43 bits per heavy atom. The van der Waals surface area contributed by atoms with Crippen LogP contribution in [0.5, 0.6) is 0 Å². The van der Waals surface area contributed by atoms with Crippen LogP contribution in [0.25, 0.3) is 5.57 Å². The van der Waals surface area contributed by atoms with Gasteiger partial charge in [-0.2, -0.15) is 0 Å². The highest BCUT2D eigenvalue weighted by Gasteiger charge is 2.42. The van der Waals surface area contributed by atoms with E-state index in [1.165, 1.54) is 6.07 Å². The van der Waals surface area contributed by atoms with Gasteiger partial charge in [0.15, 0.2) is 0 Å². The van der Waals surface area contributed by atoms with Crippen molar-refractivity contribution in [3.05, 3.63) is 99.1 Å². The van der Waals surface area contributed by atoms with Gasteiger partial charge < -0.3 is 4.90 Å². The number of rotatable bonds is 4. The first-order chi connectivity index (χ1) is 14.4. The van der Waals surface area contributed by atoms with E-state index in [0.717, 1.165) is 10.6 Å². The minimum atomic E-state index is -0.449. The van der Waals surface area contributed by atoms with Gasteiger partial charge in [-0.1, -0.05) is 65.1 Å². The van der Waals surface area contributed by atoms with Crippen molar-refractivity contribution in [1.82, 2.24) is 0 Å². The number of benzene rings is 3. The fraction of sp³-hybridized carbons (Fsp3) is 0.0435. The summed E-state index contributed by atoms with van der Waals surface area (Å²) >= 11 is 18.2. The second-order valence-electron chi connectivity index (χ2n) is 6.67. The fourth-order valence-electron chi connectivity index (χ4n) is 3.35. The Morgan fingerprint density at radius 1 is 0.767 bits per heavy atom. The van der Waals surface area contributed by atoms with Gasteiger partial charge >= 0.3 is 0 Å². The van der Waals surface area contributed by atoms with Crippen molar-refractivity contribution in [2.75, 3.05) is 16.8 Å². The number of hydrogen-bond acceptors (Lipinski definition) is 3. The van der Waals surface area contributed by atoms with E-state index in [1.807, 2.05) is 30.3 Å². The maximum Gasteiger partial charge on any atom is 0.282 e. The van der Waals surface area contributed by atoms with E-state index in [0.29, 0.717) is 21.3 Å². The smallest absolute Gasteiger partial charge is 0.282 e. The molecule has 4 rings (SSSR count). The summed E-state index contributed by atoms with van der Waals surface area (Å²) in [6, 6.07) is 20.8.